The molecule has 0 aliphatic carbocycles. The molecule has 0 aromatic carbocycles. The molecule has 5 heteroatoms. The SMILES string of the molecule is COC(=O)CC1(N2CCOCC2)COC1. The summed E-state index contributed by atoms with van der Waals surface area (Å²) in [5.41, 5.74) is -0.128. The van der Waals surface area contributed by atoms with Gasteiger partial charge in [-0.2, -0.15) is 0 Å². The summed E-state index contributed by atoms with van der Waals surface area (Å²) in [6.45, 7) is 4.48. The van der Waals surface area contributed by atoms with Gasteiger partial charge in [-0.15, -0.1) is 0 Å². The fourth-order valence-corrected chi connectivity index (χ4v) is 2.11. The molecule has 0 saturated carbocycles. The largest absolute Gasteiger partial charge is 0.469 e. The van der Waals surface area contributed by atoms with Crippen LogP contribution in [0.2, 0.25) is 0 Å². The van der Waals surface area contributed by atoms with E-state index in [9.17, 15) is 4.79 Å². The number of methoxy groups -OCH3 is 1. The summed E-state index contributed by atoms with van der Waals surface area (Å²) in [5.74, 6) is -0.162. The van der Waals surface area contributed by atoms with Crippen molar-refractivity contribution in [3.63, 3.8) is 0 Å². The third-order valence-electron chi connectivity index (χ3n) is 3.12. The highest BCUT2D eigenvalue weighted by Crippen LogP contribution is 2.29. The van der Waals surface area contributed by atoms with Gasteiger partial charge in [0.1, 0.15) is 0 Å². The molecular weight excluding hydrogens is 198 g/mol. The quantitative estimate of drug-likeness (QED) is 0.602. The summed E-state index contributed by atoms with van der Waals surface area (Å²) in [6.07, 6.45) is 0.420. The van der Waals surface area contributed by atoms with Gasteiger partial charge < -0.3 is 14.2 Å². The first-order chi connectivity index (χ1) is 7.27. The Morgan fingerprint density at radius 2 is 2.00 bits per heavy atom. The predicted octanol–water partition coefficient (Wildman–Crippen LogP) is -0.349. The second-order valence-electron chi connectivity index (χ2n) is 4.07. The van der Waals surface area contributed by atoms with Gasteiger partial charge in [0.05, 0.1) is 45.5 Å². The third-order valence-corrected chi connectivity index (χ3v) is 3.12. The molecule has 2 aliphatic heterocycles. The summed E-state index contributed by atoms with van der Waals surface area (Å²) in [5, 5.41) is 0. The van der Waals surface area contributed by atoms with Crippen molar-refractivity contribution in [3.05, 3.63) is 0 Å². The number of esters is 1. The minimum atomic E-state index is -0.162. The lowest BCUT2D eigenvalue weighted by Gasteiger charge is -2.50. The van der Waals surface area contributed by atoms with Crippen molar-refractivity contribution in [1.82, 2.24) is 4.90 Å². The zero-order chi connectivity index (χ0) is 10.7. The molecule has 0 atom stereocenters. The Balaban J connectivity index is 1.97. The Labute approximate surface area is 89.3 Å². The zero-order valence-electron chi connectivity index (χ0n) is 9.03. The summed E-state index contributed by atoms with van der Waals surface area (Å²) in [4.78, 5) is 13.6. The minimum Gasteiger partial charge on any atom is -0.469 e. The number of hydrogen-bond acceptors (Lipinski definition) is 5. The molecule has 0 unspecified atom stereocenters. The Bertz CT molecular complexity index is 234. The van der Waals surface area contributed by atoms with E-state index in [1.54, 1.807) is 0 Å². The summed E-state index contributed by atoms with van der Waals surface area (Å²) in [6, 6.07) is 0. The van der Waals surface area contributed by atoms with Crippen LogP contribution in [0.25, 0.3) is 0 Å². The molecular formula is C10H17NO4. The number of morpholine rings is 1. The molecule has 0 amide bonds. The molecule has 5 nitrogen and oxygen atoms in total. The van der Waals surface area contributed by atoms with Crippen LogP contribution in [0.5, 0.6) is 0 Å². The highest BCUT2D eigenvalue weighted by atomic mass is 16.5. The maximum atomic E-state index is 11.3. The van der Waals surface area contributed by atoms with Gasteiger partial charge in [-0.3, -0.25) is 9.69 Å². The monoisotopic (exact) mass is 215 g/mol. The van der Waals surface area contributed by atoms with Crippen LogP contribution >= 0.6 is 0 Å². The van der Waals surface area contributed by atoms with E-state index < -0.39 is 0 Å². The van der Waals surface area contributed by atoms with Gasteiger partial charge >= 0.3 is 5.97 Å². The second-order valence-corrected chi connectivity index (χ2v) is 4.07. The average molecular weight is 215 g/mol. The van der Waals surface area contributed by atoms with Crippen LogP contribution in [0, 0.1) is 0 Å². The standard InChI is InChI=1S/C10H17NO4/c1-13-9(12)6-10(7-15-8-10)11-2-4-14-5-3-11/h2-8H2,1H3. The predicted molar refractivity (Wildman–Crippen MR) is 52.6 cm³/mol. The molecule has 2 heterocycles. The van der Waals surface area contributed by atoms with Crippen LogP contribution in [-0.4, -0.2) is 63.0 Å². The molecule has 2 aliphatic rings. The topological polar surface area (TPSA) is 48.0 Å². The van der Waals surface area contributed by atoms with E-state index in [0.717, 1.165) is 26.3 Å². The van der Waals surface area contributed by atoms with E-state index in [-0.39, 0.29) is 11.5 Å². The Hall–Kier alpha value is -0.650. The van der Waals surface area contributed by atoms with Crippen molar-refractivity contribution in [2.75, 3.05) is 46.6 Å². The minimum absolute atomic E-state index is 0.128. The first kappa shape index (κ1) is 10.9. The molecule has 86 valence electrons. The molecule has 0 radical (unpaired) electrons. The Morgan fingerprint density at radius 3 is 2.47 bits per heavy atom. The summed E-state index contributed by atoms with van der Waals surface area (Å²) >= 11 is 0. The number of carbonyl (C=O) groups excluding carboxylic acids is 1. The van der Waals surface area contributed by atoms with Gasteiger partial charge in [0.25, 0.3) is 0 Å². The van der Waals surface area contributed by atoms with Crippen LogP contribution in [-0.2, 0) is 19.0 Å². The van der Waals surface area contributed by atoms with Crippen LogP contribution in [0.15, 0.2) is 0 Å². The zero-order valence-corrected chi connectivity index (χ0v) is 9.03. The molecule has 2 saturated heterocycles. The normalized spacial score (nSPS) is 25.7. The molecule has 15 heavy (non-hydrogen) atoms. The van der Waals surface area contributed by atoms with Gasteiger partial charge in [-0.25, -0.2) is 0 Å². The van der Waals surface area contributed by atoms with Gasteiger partial charge in [-0.05, 0) is 0 Å². The van der Waals surface area contributed by atoms with Gasteiger partial charge in [0.15, 0.2) is 0 Å². The van der Waals surface area contributed by atoms with Crippen molar-refractivity contribution < 1.29 is 19.0 Å². The Morgan fingerprint density at radius 1 is 1.33 bits per heavy atom. The van der Waals surface area contributed by atoms with Gasteiger partial charge in [-0.1, -0.05) is 0 Å². The van der Waals surface area contributed by atoms with Crippen LogP contribution in [0.1, 0.15) is 6.42 Å². The molecule has 0 bridgehead atoms. The fraction of sp³-hybridized carbons (Fsp3) is 0.900. The first-order valence-corrected chi connectivity index (χ1v) is 5.24. The van der Waals surface area contributed by atoms with E-state index in [1.165, 1.54) is 7.11 Å². The Kier molecular flexibility index (Phi) is 3.23. The van der Waals surface area contributed by atoms with Crippen molar-refractivity contribution >= 4 is 5.97 Å². The smallest absolute Gasteiger partial charge is 0.307 e. The average Bonchev–Trinajstić information content (AvgIpc) is 2.24. The molecule has 2 fully saturated rings. The molecule has 0 N–H and O–H groups in total. The van der Waals surface area contributed by atoms with E-state index >= 15 is 0 Å². The van der Waals surface area contributed by atoms with E-state index in [1.807, 2.05) is 0 Å². The van der Waals surface area contributed by atoms with E-state index in [4.69, 9.17) is 14.2 Å². The number of carbonyl (C=O) groups is 1. The molecule has 0 spiro atoms. The van der Waals surface area contributed by atoms with Crippen molar-refractivity contribution in [2.24, 2.45) is 0 Å². The van der Waals surface area contributed by atoms with Crippen LogP contribution in [0.3, 0.4) is 0 Å². The lowest BCUT2D eigenvalue weighted by atomic mass is 9.90. The highest BCUT2D eigenvalue weighted by Gasteiger charge is 2.46. The number of nitrogens with zero attached hydrogens (tertiary/aromatic N) is 1. The van der Waals surface area contributed by atoms with Crippen LogP contribution in [0.4, 0.5) is 0 Å². The summed E-state index contributed by atoms with van der Waals surface area (Å²) in [7, 11) is 1.43. The highest BCUT2D eigenvalue weighted by molar-refractivity contribution is 5.71. The number of ether oxygens (including phenoxy) is 3. The summed E-state index contributed by atoms with van der Waals surface area (Å²) < 4.78 is 15.3. The number of rotatable bonds is 3. The van der Waals surface area contributed by atoms with Crippen molar-refractivity contribution in [3.8, 4) is 0 Å². The maximum absolute atomic E-state index is 11.3. The van der Waals surface area contributed by atoms with E-state index in [0.29, 0.717) is 19.6 Å². The van der Waals surface area contributed by atoms with Crippen LogP contribution < -0.4 is 0 Å². The number of hydrogen-bond donors (Lipinski definition) is 0. The lowest BCUT2D eigenvalue weighted by Crippen LogP contribution is -2.65. The molecule has 2 rings (SSSR count). The fourth-order valence-electron chi connectivity index (χ4n) is 2.11. The third kappa shape index (κ3) is 2.14. The van der Waals surface area contributed by atoms with Crippen molar-refractivity contribution in [2.45, 2.75) is 12.0 Å². The van der Waals surface area contributed by atoms with Gasteiger partial charge in [0, 0.05) is 13.1 Å². The first-order valence-electron chi connectivity index (χ1n) is 5.24. The molecule has 0 aromatic rings. The lowest BCUT2D eigenvalue weighted by molar-refractivity contribution is -0.178. The van der Waals surface area contributed by atoms with Crippen molar-refractivity contribution in [1.29, 1.82) is 0 Å². The van der Waals surface area contributed by atoms with Gasteiger partial charge in [0.2, 0.25) is 0 Å². The molecule has 0 aromatic heterocycles. The van der Waals surface area contributed by atoms with E-state index in [2.05, 4.69) is 4.90 Å². The second kappa shape index (κ2) is 4.47. The maximum Gasteiger partial charge on any atom is 0.307 e.